The molecule has 1 N–H and O–H groups in total. The lowest BCUT2D eigenvalue weighted by atomic mass is 10.1. The average molecular weight is 235 g/mol. The Morgan fingerprint density at radius 3 is 2.71 bits per heavy atom. The van der Waals surface area contributed by atoms with Gasteiger partial charge in [-0.15, -0.1) is 0 Å². The Morgan fingerprint density at radius 2 is 2.12 bits per heavy atom. The number of carbonyl (C=O) groups excluding carboxylic acids is 1. The van der Waals surface area contributed by atoms with Crippen molar-refractivity contribution in [2.75, 3.05) is 0 Å². The second-order valence-electron chi connectivity index (χ2n) is 3.75. The third-order valence-electron chi connectivity index (χ3n) is 2.54. The van der Waals surface area contributed by atoms with Crippen molar-refractivity contribution < 1.29 is 19.1 Å². The summed E-state index contributed by atoms with van der Waals surface area (Å²) in [6, 6.07) is 4.34. The van der Waals surface area contributed by atoms with Gasteiger partial charge in [-0.25, -0.2) is 4.39 Å². The van der Waals surface area contributed by atoms with E-state index in [1.54, 1.807) is 6.07 Å². The number of carboxylic acid groups (broad SMARTS) is 1. The molecule has 88 valence electrons. The highest BCUT2D eigenvalue weighted by Gasteiger charge is 2.15. The zero-order chi connectivity index (χ0) is 12.6. The number of hydrogen-bond acceptors (Lipinski definition) is 2. The molecule has 2 aromatic rings. The third-order valence-corrected chi connectivity index (χ3v) is 2.54. The number of hydrogen-bond donors (Lipinski definition) is 1. The predicted molar refractivity (Wildman–Crippen MR) is 59.5 cm³/mol. The summed E-state index contributed by atoms with van der Waals surface area (Å²) in [5, 5.41) is 9.22. The van der Waals surface area contributed by atoms with Gasteiger partial charge in [0.2, 0.25) is 5.91 Å². The highest BCUT2D eigenvalue weighted by atomic mass is 19.1. The molecule has 1 aromatic heterocycles. The van der Waals surface area contributed by atoms with Crippen molar-refractivity contribution in [1.82, 2.24) is 4.57 Å². The summed E-state index contributed by atoms with van der Waals surface area (Å²) >= 11 is 0. The topological polar surface area (TPSA) is 59.3 Å². The Bertz CT molecular complexity index is 615. The van der Waals surface area contributed by atoms with Crippen LogP contribution >= 0.6 is 0 Å². The molecule has 0 aliphatic carbocycles. The summed E-state index contributed by atoms with van der Waals surface area (Å²) in [4.78, 5) is 22.0. The van der Waals surface area contributed by atoms with Gasteiger partial charge in [-0.05, 0) is 11.6 Å². The first-order chi connectivity index (χ1) is 8.00. The molecule has 4 nitrogen and oxygen atoms in total. The molecule has 0 spiro atoms. The van der Waals surface area contributed by atoms with E-state index in [2.05, 4.69) is 0 Å². The zero-order valence-electron chi connectivity index (χ0n) is 9.11. The highest BCUT2D eigenvalue weighted by Crippen LogP contribution is 2.24. The molecular weight excluding hydrogens is 225 g/mol. The Kier molecular flexibility index (Phi) is 2.67. The third kappa shape index (κ3) is 1.91. The lowest BCUT2D eigenvalue weighted by molar-refractivity contribution is -0.136. The number of carboxylic acids is 1. The summed E-state index contributed by atoms with van der Waals surface area (Å²) in [6.45, 7) is 1.30. The fraction of sp³-hybridized carbons (Fsp3) is 0.167. The number of aliphatic carboxylic acids is 1. The number of para-hydroxylation sites is 1. The van der Waals surface area contributed by atoms with Crippen molar-refractivity contribution in [3.05, 3.63) is 35.8 Å². The van der Waals surface area contributed by atoms with Gasteiger partial charge in [-0.2, -0.15) is 0 Å². The van der Waals surface area contributed by atoms with E-state index in [0.29, 0.717) is 10.9 Å². The van der Waals surface area contributed by atoms with Gasteiger partial charge in [0.05, 0.1) is 11.9 Å². The van der Waals surface area contributed by atoms with E-state index >= 15 is 0 Å². The van der Waals surface area contributed by atoms with E-state index < -0.39 is 11.8 Å². The Balaban J connectivity index is 2.75. The molecule has 1 aromatic carbocycles. The van der Waals surface area contributed by atoms with Crippen LogP contribution in [0.2, 0.25) is 0 Å². The molecule has 0 saturated heterocycles. The minimum absolute atomic E-state index is 0.135. The molecule has 0 unspecified atom stereocenters. The molecule has 0 fully saturated rings. The van der Waals surface area contributed by atoms with E-state index in [9.17, 15) is 14.0 Å². The monoisotopic (exact) mass is 235 g/mol. The molecule has 0 radical (unpaired) electrons. The van der Waals surface area contributed by atoms with Gasteiger partial charge < -0.3 is 5.11 Å². The van der Waals surface area contributed by atoms with E-state index in [-0.39, 0.29) is 17.8 Å². The lowest BCUT2D eigenvalue weighted by Gasteiger charge is -1.99. The number of carbonyl (C=O) groups is 2. The number of nitrogens with zero attached hydrogens (tertiary/aromatic N) is 1. The van der Waals surface area contributed by atoms with Crippen LogP contribution in [-0.2, 0) is 11.2 Å². The molecule has 0 bridgehead atoms. The van der Waals surface area contributed by atoms with Crippen molar-refractivity contribution in [2.24, 2.45) is 0 Å². The number of fused-ring (bicyclic) bond motifs is 1. The van der Waals surface area contributed by atoms with Crippen molar-refractivity contribution in [2.45, 2.75) is 13.3 Å². The minimum Gasteiger partial charge on any atom is -0.481 e. The fourth-order valence-corrected chi connectivity index (χ4v) is 1.86. The van der Waals surface area contributed by atoms with Crippen LogP contribution in [0.15, 0.2) is 24.4 Å². The first kappa shape index (κ1) is 11.3. The quantitative estimate of drug-likeness (QED) is 0.866. The van der Waals surface area contributed by atoms with Crippen LogP contribution in [0.25, 0.3) is 10.9 Å². The van der Waals surface area contributed by atoms with Crippen LogP contribution in [0, 0.1) is 5.82 Å². The Morgan fingerprint density at radius 1 is 1.41 bits per heavy atom. The molecule has 0 amide bonds. The summed E-state index contributed by atoms with van der Waals surface area (Å²) in [5.41, 5.74) is 0.568. The Labute approximate surface area is 96.3 Å². The molecule has 0 saturated carbocycles. The number of aromatic nitrogens is 1. The smallest absolute Gasteiger partial charge is 0.307 e. The molecule has 2 rings (SSSR count). The number of halogens is 1. The summed E-state index contributed by atoms with van der Waals surface area (Å²) < 4.78 is 14.8. The number of rotatable bonds is 2. The fourth-order valence-electron chi connectivity index (χ4n) is 1.86. The normalized spacial score (nSPS) is 10.7. The summed E-state index contributed by atoms with van der Waals surface area (Å²) in [6.07, 6.45) is 1.14. The minimum atomic E-state index is -1.02. The van der Waals surface area contributed by atoms with E-state index in [1.807, 2.05) is 0 Å². The Hall–Kier alpha value is -2.17. The van der Waals surface area contributed by atoms with Crippen LogP contribution in [0.1, 0.15) is 17.3 Å². The maximum absolute atomic E-state index is 13.6. The molecule has 0 atom stereocenters. The van der Waals surface area contributed by atoms with Crippen molar-refractivity contribution in [3.63, 3.8) is 0 Å². The summed E-state index contributed by atoms with van der Waals surface area (Å²) in [5.74, 6) is -1.90. The zero-order valence-corrected chi connectivity index (χ0v) is 9.11. The second-order valence-corrected chi connectivity index (χ2v) is 3.75. The molecule has 0 aliphatic rings. The standard InChI is InChI=1S/C12H10FNO3/c1-7(15)14-6-8(5-11(16)17)9-3-2-4-10(13)12(9)14/h2-4,6H,5H2,1H3,(H,16,17). The van der Waals surface area contributed by atoms with E-state index in [0.717, 1.165) is 4.57 Å². The van der Waals surface area contributed by atoms with Gasteiger partial charge in [-0.1, -0.05) is 12.1 Å². The SMILES string of the molecule is CC(=O)n1cc(CC(=O)O)c2cccc(F)c21. The maximum Gasteiger partial charge on any atom is 0.307 e. The highest BCUT2D eigenvalue weighted by molar-refractivity contribution is 5.95. The van der Waals surface area contributed by atoms with Gasteiger partial charge in [0.1, 0.15) is 5.82 Å². The van der Waals surface area contributed by atoms with Crippen LogP contribution < -0.4 is 0 Å². The van der Waals surface area contributed by atoms with Gasteiger partial charge >= 0.3 is 5.97 Å². The number of benzene rings is 1. The second kappa shape index (κ2) is 4.01. The van der Waals surface area contributed by atoms with Gasteiger partial charge in [0.15, 0.2) is 0 Å². The van der Waals surface area contributed by atoms with Crippen LogP contribution in [0.4, 0.5) is 4.39 Å². The molecule has 17 heavy (non-hydrogen) atoms. The van der Waals surface area contributed by atoms with Crippen LogP contribution in [0.5, 0.6) is 0 Å². The first-order valence-corrected chi connectivity index (χ1v) is 5.02. The van der Waals surface area contributed by atoms with E-state index in [1.165, 1.54) is 25.3 Å². The van der Waals surface area contributed by atoms with Gasteiger partial charge in [0.25, 0.3) is 0 Å². The maximum atomic E-state index is 13.6. The lowest BCUT2D eigenvalue weighted by Crippen LogP contribution is -2.04. The first-order valence-electron chi connectivity index (χ1n) is 5.02. The molecule has 5 heteroatoms. The molecule has 0 aliphatic heterocycles. The largest absolute Gasteiger partial charge is 0.481 e. The molecule has 1 heterocycles. The van der Waals surface area contributed by atoms with Crippen molar-refractivity contribution in [1.29, 1.82) is 0 Å². The van der Waals surface area contributed by atoms with Crippen LogP contribution in [-0.4, -0.2) is 21.6 Å². The van der Waals surface area contributed by atoms with E-state index in [4.69, 9.17) is 5.11 Å². The van der Waals surface area contributed by atoms with Crippen LogP contribution in [0.3, 0.4) is 0 Å². The molecular formula is C12H10FNO3. The average Bonchev–Trinajstić information content (AvgIpc) is 2.58. The van der Waals surface area contributed by atoms with Crippen molar-refractivity contribution >= 4 is 22.8 Å². The van der Waals surface area contributed by atoms with Crippen molar-refractivity contribution in [3.8, 4) is 0 Å². The van der Waals surface area contributed by atoms with Gasteiger partial charge in [-0.3, -0.25) is 14.2 Å². The predicted octanol–water partition coefficient (Wildman–Crippen LogP) is 2.07. The van der Waals surface area contributed by atoms with Gasteiger partial charge in [0, 0.05) is 18.5 Å². The summed E-state index contributed by atoms with van der Waals surface area (Å²) in [7, 11) is 0.